The van der Waals surface area contributed by atoms with E-state index in [-0.39, 0.29) is 30.8 Å². The molecule has 1 aliphatic heterocycles. The highest BCUT2D eigenvalue weighted by molar-refractivity contribution is 5.85. The van der Waals surface area contributed by atoms with Crippen LogP contribution in [0.2, 0.25) is 0 Å². The van der Waals surface area contributed by atoms with Crippen molar-refractivity contribution in [3.05, 3.63) is 29.6 Å². The van der Waals surface area contributed by atoms with E-state index >= 15 is 0 Å². The highest BCUT2D eigenvalue weighted by atomic mass is 35.5. The molecule has 1 aliphatic rings. The molecule has 0 radical (unpaired) electrons. The van der Waals surface area contributed by atoms with Gasteiger partial charge in [-0.2, -0.15) is 0 Å². The van der Waals surface area contributed by atoms with E-state index in [0.29, 0.717) is 5.56 Å². The molecule has 0 amide bonds. The first kappa shape index (κ1) is 18.2. The van der Waals surface area contributed by atoms with E-state index in [1.807, 2.05) is 13.8 Å². The summed E-state index contributed by atoms with van der Waals surface area (Å²) in [5.41, 5.74) is 0.0775. The van der Waals surface area contributed by atoms with Crippen molar-refractivity contribution >= 4 is 12.4 Å². The zero-order valence-electron chi connectivity index (χ0n) is 12.5. The van der Waals surface area contributed by atoms with Gasteiger partial charge in [-0.05, 0) is 6.07 Å². The topological polar surface area (TPSA) is 55.7 Å². The standard InChI is InChI=1S/C15H23FN2O2.ClH/c1-15(2,10-19)14(18-8-6-17-7-9-18)11-4-3-5-12(16)13(11)20;/h3-5,14,17,19-20H,6-10H2,1-2H3;1H/t14-;/m0./s1. The monoisotopic (exact) mass is 318 g/mol. The summed E-state index contributed by atoms with van der Waals surface area (Å²) in [6.07, 6.45) is 0. The van der Waals surface area contributed by atoms with E-state index in [1.54, 1.807) is 12.1 Å². The second kappa shape index (κ2) is 7.40. The van der Waals surface area contributed by atoms with Crippen molar-refractivity contribution in [2.75, 3.05) is 32.8 Å². The Morgan fingerprint density at radius 2 is 1.95 bits per heavy atom. The number of halogens is 2. The number of rotatable bonds is 4. The lowest BCUT2D eigenvalue weighted by Gasteiger charge is -2.43. The number of aromatic hydroxyl groups is 1. The van der Waals surface area contributed by atoms with Crippen LogP contribution in [0.3, 0.4) is 0 Å². The average molecular weight is 319 g/mol. The number of hydrogen-bond acceptors (Lipinski definition) is 4. The molecule has 4 nitrogen and oxygen atoms in total. The number of phenols is 1. The van der Waals surface area contributed by atoms with Crippen LogP contribution in [-0.4, -0.2) is 47.9 Å². The Morgan fingerprint density at radius 3 is 2.52 bits per heavy atom. The van der Waals surface area contributed by atoms with Crippen LogP contribution < -0.4 is 5.32 Å². The van der Waals surface area contributed by atoms with Crippen LogP contribution in [0.25, 0.3) is 0 Å². The lowest BCUT2D eigenvalue weighted by molar-refractivity contribution is 0.0290. The van der Waals surface area contributed by atoms with Crippen molar-refractivity contribution in [3.63, 3.8) is 0 Å². The second-order valence-electron chi connectivity index (χ2n) is 6.01. The highest BCUT2D eigenvalue weighted by Crippen LogP contribution is 2.42. The van der Waals surface area contributed by atoms with E-state index in [2.05, 4.69) is 10.2 Å². The first-order chi connectivity index (χ1) is 9.47. The van der Waals surface area contributed by atoms with Gasteiger partial charge in [0.1, 0.15) is 0 Å². The molecular weight excluding hydrogens is 295 g/mol. The van der Waals surface area contributed by atoms with E-state index in [4.69, 9.17) is 0 Å². The Labute approximate surface area is 131 Å². The predicted octanol–water partition coefficient (Wildman–Crippen LogP) is 1.92. The third-order valence-electron chi connectivity index (χ3n) is 3.98. The molecule has 1 aromatic carbocycles. The van der Waals surface area contributed by atoms with Crippen LogP contribution in [0.15, 0.2) is 18.2 Å². The molecule has 6 heteroatoms. The first-order valence-corrected chi connectivity index (χ1v) is 7.00. The van der Waals surface area contributed by atoms with Crippen LogP contribution in [0.4, 0.5) is 4.39 Å². The van der Waals surface area contributed by atoms with E-state index < -0.39 is 11.2 Å². The van der Waals surface area contributed by atoms with Gasteiger partial charge in [-0.3, -0.25) is 4.90 Å². The number of para-hydroxylation sites is 1. The normalized spacial score (nSPS) is 18.1. The minimum Gasteiger partial charge on any atom is -0.505 e. The average Bonchev–Trinajstić information content (AvgIpc) is 2.45. The molecule has 0 bridgehead atoms. The Balaban J connectivity index is 0.00000220. The van der Waals surface area contributed by atoms with E-state index in [1.165, 1.54) is 6.07 Å². The van der Waals surface area contributed by atoms with Crippen LogP contribution in [0.5, 0.6) is 5.75 Å². The number of hydrogen-bond donors (Lipinski definition) is 3. The molecule has 0 saturated carbocycles. The van der Waals surface area contributed by atoms with Gasteiger partial charge in [0.2, 0.25) is 0 Å². The summed E-state index contributed by atoms with van der Waals surface area (Å²) in [6, 6.07) is 4.38. The summed E-state index contributed by atoms with van der Waals surface area (Å²) in [5, 5.41) is 23.0. The molecule has 1 aromatic rings. The Morgan fingerprint density at radius 1 is 1.33 bits per heavy atom. The van der Waals surface area contributed by atoms with Crippen molar-refractivity contribution in [1.82, 2.24) is 10.2 Å². The minimum atomic E-state index is -0.614. The number of phenolic OH excluding ortho intramolecular Hbond substituents is 1. The third kappa shape index (κ3) is 3.86. The molecule has 120 valence electrons. The molecule has 1 heterocycles. The Bertz CT molecular complexity index is 465. The molecular formula is C15H24ClFN2O2. The number of nitrogens with zero attached hydrogens (tertiary/aromatic N) is 1. The van der Waals surface area contributed by atoms with Crippen LogP contribution >= 0.6 is 12.4 Å². The predicted molar refractivity (Wildman–Crippen MR) is 83.4 cm³/mol. The van der Waals surface area contributed by atoms with Gasteiger partial charge < -0.3 is 15.5 Å². The highest BCUT2D eigenvalue weighted by Gasteiger charge is 2.37. The van der Waals surface area contributed by atoms with Gasteiger partial charge >= 0.3 is 0 Å². The zero-order valence-corrected chi connectivity index (χ0v) is 13.3. The molecule has 0 spiro atoms. The molecule has 1 fully saturated rings. The van der Waals surface area contributed by atoms with Crippen molar-refractivity contribution in [1.29, 1.82) is 0 Å². The summed E-state index contributed by atoms with van der Waals surface area (Å²) >= 11 is 0. The van der Waals surface area contributed by atoms with Crippen LogP contribution in [-0.2, 0) is 0 Å². The molecule has 0 aromatic heterocycles. The number of benzene rings is 1. The second-order valence-corrected chi connectivity index (χ2v) is 6.01. The van der Waals surface area contributed by atoms with Gasteiger partial charge in [0.15, 0.2) is 11.6 Å². The summed E-state index contributed by atoms with van der Waals surface area (Å²) in [6.45, 7) is 7.17. The maximum atomic E-state index is 13.7. The fourth-order valence-corrected chi connectivity index (χ4v) is 2.89. The fourth-order valence-electron chi connectivity index (χ4n) is 2.89. The summed E-state index contributed by atoms with van der Waals surface area (Å²) in [5.74, 6) is -0.922. The van der Waals surface area contributed by atoms with Crippen LogP contribution in [0, 0.1) is 11.2 Å². The number of aliphatic hydroxyl groups excluding tert-OH is 1. The third-order valence-corrected chi connectivity index (χ3v) is 3.98. The molecule has 1 saturated heterocycles. The SMILES string of the molecule is CC(C)(CO)[C@H](c1cccc(F)c1O)N1CCNCC1.Cl. The summed E-state index contributed by atoms with van der Waals surface area (Å²) in [4.78, 5) is 2.20. The maximum absolute atomic E-state index is 13.7. The summed E-state index contributed by atoms with van der Waals surface area (Å²) in [7, 11) is 0. The van der Waals surface area contributed by atoms with Crippen LogP contribution in [0.1, 0.15) is 25.5 Å². The Hall–Kier alpha value is -0.880. The Kier molecular flexibility index (Phi) is 6.41. The number of aliphatic hydroxyl groups is 1. The van der Waals surface area contributed by atoms with Gasteiger partial charge in [0.05, 0.1) is 0 Å². The lowest BCUT2D eigenvalue weighted by Crippen LogP contribution is -2.49. The molecule has 1 atom stereocenters. The van der Waals surface area contributed by atoms with E-state index in [9.17, 15) is 14.6 Å². The van der Waals surface area contributed by atoms with Gasteiger partial charge in [0.25, 0.3) is 0 Å². The van der Waals surface area contributed by atoms with Gasteiger partial charge in [0, 0.05) is 49.8 Å². The van der Waals surface area contributed by atoms with E-state index in [0.717, 1.165) is 26.2 Å². The fraction of sp³-hybridized carbons (Fsp3) is 0.600. The summed E-state index contributed by atoms with van der Waals surface area (Å²) < 4.78 is 13.7. The molecule has 0 aliphatic carbocycles. The number of nitrogens with one attached hydrogen (secondary N) is 1. The molecule has 21 heavy (non-hydrogen) atoms. The van der Waals surface area contributed by atoms with Crippen molar-refractivity contribution in [2.24, 2.45) is 5.41 Å². The lowest BCUT2D eigenvalue weighted by atomic mass is 9.79. The molecule has 3 N–H and O–H groups in total. The van der Waals surface area contributed by atoms with Gasteiger partial charge in [-0.1, -0.05) is 26.0 Å². The quantitative estimate of drug-likeness (QED) is 0.794. The zero-order chi connectivity index (χ0) is 14.8. The number of piperazine rings is 1. The minimum absolute atomic E-state index is 0. The van der Waals surface area contributed by atoms with Crippen molar-refractivity contribution in [2.45, 2.75) is 19.9 Å². The first-order valence-electron chi connectivity index (χ1n) is 7.00. The van der Waals surface area contributed by atoms with Crippen molar-refractivity contribution in [3.8, 4) is 5.75 Å². The largest absolute Gasteiger partial charge is 0.505 e. The maximum Gasteiger partial charge on any atom is 0.165 e. The molecule has 2 rings (SSSR count). The smallest absolute Gasteiger partial charge is 0.165 e. The van der Waals surface area contributed by atoms with Gasteiger partial charge in [-0.25, -0.2) is 4.39 Å². The van der Waals surface area contributed by atoms with Crippen molar-refractivity contribution < 1.29 is 14.6 Å². The molecule has 0 unspecified atom stereocenters. The van der Waals surface area contributed by atoms with Gasteiger partial charge in [-0.15, -0.1) is 12.4 Å².